The predicted octanol–water partition coefficient (Wildman–Crippen LogP) is 5.02. The summed E-state index contributed by atoms with van der Waals surface area (Å²) in [5, 5.41) is 5.48. The van der Waals surface area contributed by atoms with Crippen LogP contribution in [0.2, 0.25) is 0 Å². The van der Waals surface area contributed by atoms with Crippen molar-refractivity contribution in [3.05, 3.63) is 76.7 Å². The van der Waals surface area contributed by atoms with Crippen LogP contribution in [0, 0.1) is 13.8 Å². The molecule has 1 aliphatic heterocycles. The Morgan fingerprint density at radius 1 is 1.16 bits per heavy atom. The Kier molecular flexibility index (Phi) is 5.63. The minimum atomic E-state index is -0.0469. The number of thiazole rings is 1. The second kappa shape index (κ2) is 8.70. The lowest BCUT2D eigenvalue weighted by atomic mass is 10.1. The summed E-state index contributed by atoms with van der Waals surface area (Å²) >= 11 is 1.65. The Morgan fingerprint density at radius 3 is 2.97 bits per heavy atom. The molecule has 4 aromatic rings. The Balaban J connectivity index is 1.31. The van der Waals surface area contributed by atoms with Gasteiger partial charge >= 0.3 is 0 Å². The van der Waals surface area contributed by atoms with Crippen molar-refractivity contribution < 1.29 is 4.74 Å². The van der Waals surface area contributed by atoms with E-state index in [9.17, 15) is 0 Å². The molecule has 31 heavy (non-hydrogen) atoms. The number of fused-ring (bicyclic) bond motifs is 1. The van der Waals surface area contributed by atoms with Gasteiger partial charge in [0.15, 0.2) is 5.13 Å². The zero-order valence-electron chi connectivity index (χ0n) is 17.7. The third-order valence-electron chi connectivity index (χ3n) is 5.40. The molecule has 0 spiro atoms. The molecule has 1 aromatic carbocycles. The maximum absolute atomic E-state index is 6.11. The largest absolute Gasteiger partial charge is 0.369 e. The van der Waals surface area contributed by atoms with Crippen molar-refractivity contribution in [1.29, 1.82) is 0 Å². The average molecular weight is 432 g/mol. The minimum Gasteiger partial charge on any atom is -0.369 e. The molecule has 5 rings (SSSR count). The highest BCUT2D eigenvalue weighted by Crippen LogP contribution is 2.28. The molecule has 0 aliphatic carbocycles. The van der Waals surface area contributed by atoms with Crippen LogP contribution in [0.5, 0.6) is 0 Å². The standard InChI is InChI=1S/C24H25N5OS/c1-16-10-20(28-24-26-13-17(2)31-24)12-22(27-16)23-15-29(8-9-30-23)14-18-5-6-21-19(11-18)4-3-7-25-21/h3-7,10-13,23H,8-9,14-15H2,1-2H3,(H,26,27,28)/t23-/m0/s1. The molecule has 0 unspecified atom stereocenters. The van der Waals surface area contributed by atoms with E-state index in [2.05, 4.69) is 57.4 Å². The van der Waals surface area contributed by atoms with E-state index in [1.165, 1.54) is 15.8 Å². The summed E-state index contributed by atoms with van der Waals surface area (Å²) in [5.41, 5.74) is 5.25. The molecule has 1 N–H and O–H groups in total. The quantitative estimate of drug-likeness (QED) is 0.479. The van der Waals surface area contributed by atoms with Crippen molar-refractivity contribution in [2.45, 2.75) is 26.5 Å². The van der Waals surface area contributed by atoms with Gasteiger partial charge < -0.3 is 10.1 Å². The van der Waals surface area contributed by atoms with Crippen molar-refractivity contribution in [3.8, 4) is 0 Å². The average Bonchev–Trinajstić information content (AvgIpc) is 3.18. The first-order chi connectivity index (χ1) is 15.1. The molecule has 4 heterocycles. The Labute approximate surface area is 185 Å². The summed E-state index contributed by atoms with van der Waals surface area (Å²) in [6.45, 7) is 7.40. The monoisotopic (exact) mass is 431 g/mol. The number of pyridine rings is 2. The number of anilines is 2. The highest BCUT2D eigenvalue weighted by molar-refractivity contribution is 7.15. The molecule has 1 saturated heterocycles. The van der Waals surface area contributed by atoms with Crippen LogP contribution in [-0.4, -0.2) is 39.5 Å². The number of morpholine rings is 1. The second-order valence-electron chi connectivity index (χ2n) is 7.95. The van der Waals surface area contributed by atoms with E-state index in [0.29, 0.717) is 6.61 Å². The summed E-state index contributed by atoms with van der Waals surface area (Å²) in [6, 6.07) is 14.7. The van der Waals surface area contributed by atoms with Crippen molar-refractivity contribution in [3.63, 3.8) is 0 Å². The van der Waals surface area contributed by atoms with Gasteiger partial charge in [0, 0.05) is 53.7 Å². The fourth-order valence-electron chi connectivity index (χ4n) is 3.97. The fourth-order valence-corrected chi connectivity index (χ4v) is 4.66. The Bertz CT molecular complexity index is 1210. The minimum absolute atomic E-state index is 0.0469. The molecular weight excluding hydrogens is 406 g/mol. The molecule has 0 saturated carbocycles. The van der Waals surface area contributed by atoms with E-state index in [0.717, 1.165) is 47.4 Å². The molecule has 0 bridgehead atoms. The Morgan fingerprint density at radius 2 is 2.10 bits per heavy atom. The van der Waals surface area contributed by atoms with E-state index in [1.807, 2.05) is 31.5 Å². The third-order valence-corrected chi connectivity index (χ3v) is 6.23. The Hall–Kier alpha value is -2.87. The molecule has 0 radical (unpaired) electrons. The van der Waals surface area contributed by atoms with Crippen LogP contribution < -0.4 is 5.32 Å². The summed E-state index contributed by atoms with van der Waals surface area (Å²) in [5.74, 6) is 0. The number of ether oxygens (including phenoxy) is 1. The number of aryl methyl sites for hydroxylation is 2. The predicted molar refractivity (Wildman–Crippen MR) is 125 cm³/mol. The molecule has 1 atom stereocenters. The highest BCUT2D eigenvalue weighted by atomic mass is 32.1. The van der Waals surface area contributed by atoms with Crippen molar-refractivity contribution in [2.75, 3.05) is 25.0 Å². The maximum atomic E-state index is 6.11. The van der Waals surface area contributed by atoms with Gasteiger partial charge in [-0.05, 0) is 49.7 Å². The van der Waals surface area contributed by atoms with Crippen LogP contribution in [0.1, 0.15) is 27.9 Å². The van der Waals surface area contributed by atoms with Gasteiger partial charge in [-0.15, -0.1) is 11.3 Å². The number of rotatable bonds is 5. The summed E-state index contributed by atoms with van der Waals surface area (Å²) in [7, 11) is 0. The van der Waals surface area contributed by atoms with E-state index in [4.69, 9.17) is 9.72 Å². The zero-order chi connectivity index (χ0) is 21.2. The maximum Gasteiger partial charge on any atom is 0.187 e. The highest BCUT2D eigenvalue weighted by Gasteiger charge is 2.24. The van der Waals surface area contributed by atoms with E-state index in [-0.39, 0.29) is 6.10 Å². The van der Waals surface area contributed by atoms with Crippen molar-refractivity contribution in [2.24, 2.45) is 0 Å². The normalized spacial score (nSPS) is 17.2. The number of aromatic nitrogens is 3. The zero-order valence-corrected chi connectivity index (χ0v) is 18.5. The van der Waals surface area contributed by atoms with Crippen LogP contribution in [0.25, 0.3) is 10.9 Å². The van der Waals surface area contributed by atoms with Crippen LogP contribution in [0.3, 0.4) is 0 Å². The topological polar surface area (TPSA) is 63.2 Å². The van der Waals surface area contributed by atoms with Crippen LogP contribution in [0.15, 0.2) is 54.9 Å². The fraction of sp³-hybridized carbons (Fsp3) is 0.292. The molecule has 6 nitrogen and oxygen atoms in total. The molecule has 0 amide bonds. The summed E-state index contributed by atoms with van der Waals surface area (Å²) < 4.78 is 6.11. The first-order valence-electron chi connectivity index (χ1n) is 10.5. The van der Waals surface area contributed by atoms with Crippen LogP contribution in [-0.2, 0) is 11.3 Å². The molecular formula is C24H25N5OS. The van der Waals surface area contributed by atoms with Crippen molar-refractivity contribution in [1.82, 2.24) is 19.9 Å². The lowest BCUT2D eigenvalue weighted by Crippen LogP contribution is -2.38. The smallest absolute Gasteiger partial charge is 0.187 e. The van der Waals surface area contributed by atoms with Crippen LogP contribution >= 0.6 is 11.3 Å². The second-order valence-corrected chi connectivity index (χ2v) is 9.18. The molecule has 158 valence electrons. The summed E-state index contributed by atoms with van der Waals surface area (Å²) in [6.07, 6.45) is 3.67. The molecule has 1 aliphatic rings. The SMILES string of the molecule is Cc1cc(Nc2ncc(C)s2)cc([C@@H]2CN(Cc3ccc4ncccc4c3)CCO2)n1. The van der Waals surface area contributed by atoms with Gasteiger partial charge in [0.25, 0.3) is 0 Å². The molecule has 1 fully saturated rings. The van der Waals surface area contributed by atoms with Gasteiger partial charge in [0.2, 0.25) is 0 Å². The van der Waals surface area contributed by atoms with Crippen molar-refractivity contribution >= 4 is 33.1 Å². The number of hydrogen-bond donors (Lipinski definition) is 1. The number of nitrogens with zero attached hydrogens (tertiary/aromatic N) is 4. The lowest BCUT2D eigenvalue weighted by molar-refractivity contribution is -0.0350. The summed E-state index contributed by atoms with van der Waals surface area (Å²) in [4.78, 5) is 17.2. The molecule has 7 heteroatoms. The lowest BCUT2D eigenvalue weighted by Gasteiger charge is -2.33. The number of nitrogens with one attached hydrogen (secondary N) is 1. The van der Waals surface area contributed by atoms with Gasteiger partial charge in [-0.25, -0.2) is 4.98 Å². The first kappa shape index (κ1) is 20.1. The van der Waals surface area contributed by atoms with E-state index in [1.54, 1.807) is 11.3 Å². The van der Waals surface area contributed by atoms with Gasteiger partial charge in [0.05, 0.1) is 17.8 Å². The van der Waals surface area contributed by atoms with Gasteiger partial charge in [0.1, 0.15) is 6.10 Å². The van der Waals surface area contributed by atoms with E-state index < -0.39 is 0 Å². The first-order valence-corrected chi connectivity index (χ1v) is 11.3. The van der Waals surface area contributed by atoms with Crippen LogP contribution in [0.4, 0.5) is 10.8 Å². The third kappa shape index (κ3) is 4.74. The van der Waals surface area contributed by atoms with E-state index >= 15 is 0 Å². The van der Waals surface area contributed by atoms with Gasteiger partial charge in [-0.2, -0.15) is 0 Å². The number of benzene rings is 1. The number of hydrogen-bond acceptors (Lipinski definition) is 7. The van der Waals surface area contributed by atoms with Gasteiger partial charge in [-0.1, -0.05) is 12.1 Å². The van der Waals surface area contributed by atoms with Gasteiger partial charge in [-0.3, -0.25) is 14.9 Å². The molecule has 3 aromatic heterocycles.